The average molecular weight is 397 g/mol. The second-order valence-corrected chi connectivity index (χ2v) is 5.94. The normalized spacial score (nSPS) is 14.2. The molecule has 5 N–H and O–H groups in total. The summed E-state index contributed by atoms with van der Waals surface area (Å²) in [5, 5.41) is 40.2. The van der Waals surface area contributed by atoms with Gasteiger partial charge in [-0.1, -0.05) is 0 Å². The third kappa shape index (κ3) is 5.36. The fourth-order valence-corrected chi connectivity index (χ4v) is 2.28. The number of esters is 1. The SMILES string of the molecule is Cc1oc([C@H](O)[C@H](O)[C@H](O)CO)cc1C(=O)OCC(=O)Nc1ccc(F)cc1. The molecule has 152 valence electrons. The first-order valence-corrected chi connectivity index (χ1v) is 8.20. The zero-order valence-corrected chi connectivity index (χ0v) is 14.8. The molecule has 1 heterocycles. The van der Waals surface area contributed by atoms with Crippen LogP contribution in [0.15, 0.2) is 34.7 Å². The standard InChI is InChI=1S/C18H20FNO8/c1-9-12(6-14(28-9)17(25)16(24)13(22)7-21)18(26)27-8-15(23)20-11-4-2-10(19)3-5-11/h2-6,13,16-17,21-22,24-25H,7-8H2,1H3,(H,20,23)/t13-,16-,17+/m1/s1. The number of hydrogen-bond acceptors (Lipinski definition) is 8. The number of carbonyl (C=O) groups excluding carboxylic acids is 2. The van der Waals surface area contributed by atoms with Crippen LogP contribution in [0.25, 0.3) is 0 Å². The van der Waals surface area contributed by atoms with Gasteiger partial charge in [-0.05, 0) is 37.3 Å². The number of ether oxygens (including phenoxy) is 1. The first-order valence-electron chi connectivity index (χ1n) is 8.20. The minimum atomic E-state index is -1.74. The summed E-state index contributed by atoms with van der Waals surface area (Å²) in [6, 6.07) is 6.11. The molecule has 0 bridgehead atoms. The van der Waals surface area contributed by atoms with E-state index in [-0.39, 0.29) is 17.1 Å². The fourth-order valence-electron chi connectivity index (χ4n) is 2.28. The van der Waals surface area contributed by atoms with Gasteiger partial charge in [-0.25, -0.2) is 9.18 Å². The summed E-state index contributed by atoms with van der Waals surface area (Å²) >= 11 is 0. The van der Waals surface area contributed by atoms with Crippen molar-refractivity contribution in [1.29, 1.82) is 0 Å². The fraction of sp³-hybridized carbons (Fsp3) is 0.333. The molecule has 0 aliphatic carbocycles. The van der Waals surface area contributed by atoms with Gasteiger partial charge < -0.3 is 34.9 Å². The Hall–Kier alpha value is -2.79. The Kier molecular flexibility index (Phi) is 7.24. The molecule has 0 saturated carbocycles. The summed E-state index contributed by atoms with van der Waals surface area (Å²) in [7, 11) is 0. The molecule has 3 atom stereocenters. The zero-order valence-electron chi connectivity index (χ0n) is 14.8. The van der Waals surface area contributed by atoms with E-state index in [1.54, 1.807) is 0 Å². The number of amides is 1. The molecule has 1 aromatic carbocycles. The number of hydrogen-bond donors (Lipinski definition) is 5. The van der Waals surface area contributed by atoms with Gasteiger partial charge in [0.05, 0.1) is 6.61 Å². The van der Waals surface area contributed by atoms with Gasteiger partial charge in [-0.3, -0.25) is 4.79 Å². The van der Waals surface area contributed by atoms with Crippen molar-refractivity contribution < 1.29 is 43.6 Å². The lowest BCUT2D eigenvalue weighted by molar-refractivity contribution is -0.119. The van der Waals surface area contributed by atoms with Crippen molar-refractivity contribution >= 4 is 17.6 Å². The molecule has 0 aliphatic rings. The molecule has 1 amide bonds. The van der Waals surface area contributed by atoms with E-state index in [1.165, 1.54) is 19.1 Å². The van der Waals surface area contributed by atoms with E-state index in [9.17, 15) is 29.3 Å². The highest BCUT2D eigenvalue weighted by molar-refractivity contribution is 5.95. The van der Waals surface area contributed by atoms with Crippen LogP contribution in [0.5, 0.6) is 0 Å². The molecule has 0 radical (unpaired) electrons. The number of halogens is 1. The minimum Gasteiger partial charge on any atom is -0.463 e. The number of aryl methyl sites for hydroxylation is 1. The Morgan fingerprint density at radius 2 is 1.86 bits per heavy atom. The van der Waals surface area contributed by atoms with Crippen molar-refractivity contribution in [2.75, 3.05) is 18.5 Å². The molecule has 10 heteroatoms. The molecule has 2 rings (SSSR count). The van der Waals surface area contributed by atoms with Crippen LogP contribution in [-0.2, 0) is 9.53 Å². The molecule has 0 fully saturated rings. The maximum absolute atomic E-state index is 12.8. The first kappa shape index (κ1) is 21.5. The maximum atomic E-state index is 12.8. The average Bonchev–Trinajstić information content (AvgIpc) is 3.07. The highest BCUT2D eigenvalue weighted by atomic mass is 19.1. The summed E-state index contributed by atoms with van der Waals surface area (Å²) in [5.74, 6) is -2.19. The Morgan fingerprint density at radius 1 is 1.21 bits per heavy atom. The van der Waals surface area contributed by atoms with Crippen LogP contribution in [0, 0.1) is 12.7 Å². The summed E-state index contributed by atoms with van der Waals surface area (Å²) in [5.41, 5.74) is 0.234. The van der Waals surface area contributed by atoms with E-state index < -0.39 is 49.2 Å². The minimum absolute atomic E-state index is 0.0590. The van der Waals surface area contributed by atoms with Gasteiger partial charge in [-0.2, -0.15) is 0 Å². The van der Waals surface area contributed by atoms with Crippen LogP contribution in [0.1, 0.15) is 28.0 Å². The Morgan fingerprint density at radius 3 is 2.46 bits per heavy atom. The van der Waals surface area contributed by atoms with Gasteiger partial charge in [0.1, 0.15) is 41.2 Å². The lowest BCUT2D eigenvalue weighted by Gasteiger charge is -2.19. The Balaban J connectivity index is 1.96. The van der Waals surface area contributed by atoms with Crippen molar-refractivity contribution in [3.05, 3.63) is 53.2 Å². The van der Waals surface area contributed by atoms with Crippen LogP contribution in [-0.4, -0.2) is 57.7 Å². The van der Waals surface area contributed by atoms with E-state index in [0.717, 1.165) is 18.2 Å². The largest absolute Gasteiger partial charge is 0.463 e. The van der Waals surface area contributed by atoms with Gasteiger partial charge >= 0.3 is 5.97 Å². The van der Waals surface area contributed by atoms with Crippen LogP contribution in [0.4, 0.5) is 10.1 Å². The highest BCUT2D eigenvalue weighted by Gasteiger charge is 2.30. The lowest BCUT2D eigenvalue weighted by atomic mass is 10.1. The van der Waals surface area contributed by atoms with Gasteiger partial charge in [0, 0.05) is 5.69 Å². The Bertz CT molecular complexity index is 819. The molecule has 0 saturated heterocycles. The van der Waals surface area contributed by atoms with Gasteiger partial charge in [0.25, 0.3) is 5.91 Å². The third-order valence-electron chi connectivity index (χ3n) is 3.82. The predicted molar refractivity (Wildman–Crippen MR) is 92.8 cm³/mol. The Labute approximate surface area is 159 Å². The van der Waals surface area contributed by atoms with Gasteiger partial charge in [0.2, 0.25) is 0 Å². The molecule has 0 aliphatic heterocycles. The van der Waals surface area contributed by atoms with Crippen molar-refractivity contribution in [2.24, 2.45) is 0 Å². The highest BCUT2D eigenvalue weighted by Crippen LogP contribution is 2.25. The number of nitrogens with one attached hydrogen (secondary N) is 1. The molecular weight excluding hydrogens is 377 g/mol. The number of benzene rings is 1. The van der Waals surface area contributed by atoms with E-state index in [2.05, 4.69) is 5.32 Å². The van der Waals surface area contributed by atoms with Crippen LogP contribution >= 0.6 is 0 Å². The number of rotatable bonds is 8. The molecule has 2 aromatic rings. The molecule has 1 aromatic heterocycles. The van der Waals surface area contributed by atoms with Crippen molar-refractivity contribution in [3.63, 3.8) is 0 Å². The molecular formula is C18H20FNO8. The van der Waals surface area contributed by atoms with Gasteiger partial charge in [0.15, 0.2) is 6.61 Å². The zero-order chi connectivity index (χ0) is 20.8. The van der Waals surface area contributed by atoms with E-state index in [1.807, 2.05) is 0 Å². The van der Waals surface area contributed by atoms with E-state index >= 15 is 0 Å². The number of anilines is 1. The summed E-state index contributed by atoms with van der Waals surface area (Å²) in [6.07, 6.45) is -5.03. The second kappa shape index (κ2) is 9.42. The molecule has 0 spiro atoms. The smallest absolute Gasteiger partial charge is 0.342 e. The van der Waals surface area contributed by atoms with Crippen molar-refractivity contribution in [3.8, 4) is 0 Å². The van der Waals surface area contributed by atoms with Crippen LogP contribution in [0.3, 0.4) is 0 Å². The van der Waals surface area contributed by atoms with E-state index in [0.29, 0.717) is 5.69 Å². The molecule has 0 unspecified atom stereocenters. The monoisotopic (exact) mass is 397 g/mol. The number of aliphatic hydroxyl groups is 4. The molecule has 28 heavy (non-hydrogen) atoms. The number of carbonyl (C=O) groups is 2. The first-order chi connectivity index (χ1) is 13.2. The third-order valence-corrected chi connectivity index (χ3v) is 3.82. The van der Waals surface area contributed by atoms with Crippen LogP contribution < -0.4 is 5.32 Å². The van der Waals surface area contributed by atoms with Crippen LogP contribution in [0.2, 0.25) is 0 Å². The summed E-state index contributed by atoms with van der Waals surface area (Å²) in [4.78, 5) is 23.9. The topological polar surface area (TPSA) is 149 Å². The second-order valence-electron chi connectivity index (χ2n) is 5.94. The van der Waals surface area contributed by atoms with Crippen molar-refractivity contribution in [1.82, 2.24) is 0 Å². The summed E-state index contributed by atoms with van der Waals surface area (Å²) in [6.45, 7) is 0.000797. The summed E-state index contributed by atoms with van der Waals surface area (Å²) < 4.78 is 22.9. The van der Waals surface area contributed by atoms with E-state index in [4.69, 9.17) is 14.3 Å². The van der Waals surface area contributed by atoms with Crippen molar-refractivity contribution in [2.45, 2.75) is 25.2 Å². The number of furan rings is 1. The van der Waals surface area contributed by atoms with Gasteiger partial charge in [-0.15, -0.1) is 0 Å². The number of aliphatic hydroxyl groups excluding tert-OH is 4. The quantitative estimate of drug-likeness (QED) is 0.399. The lowest BCUT2D eigenvalue weighted by Crippen LogP contribution is -2.34. The predicted octanol–water partition coefficient (Wildman–Crippen LogP) is 0.270. The molecule has 9 nitrogen and oxygen atoms in total. The maximum Gasteiger partial charge on any atom is 0.342 e.